The van der Waals surface area contributed by atoms with Crippen LogP contribution in [0.3, 0.4) is 0 Å². The van der Waals surface area contributed by atoms with Gasteiger partial charge in [-0.15, -0.1) is 0 Å². The van der Waals surface area contributed by atoms with Crippen LogP contribution in [0.2, 0.25) is 5.02 Å². The second kappa shape index (κ2) is 8.54. The molecule has 0 spiro atoms. The first kappa shape index (κ1) is 21.3. The first-order valence-corrected chi connectivity index (χ1v) is 11.2. The SMILES string of the molecule is CS(=O)(=O)c1ccc(C(=O)C2C(=O)CCCC2=O)c(OCCC2OC=CO2)c1Cl. The maximum absolute atomic E-state index is 13.0. The minimum absolute atomic E-state index is 0.00782. The second-order valence-corrected chi connectivity index (χ2v) is 9.08. The third-order valence-corrected chi connectivity index (χ3v) is 6.22. The summed E-state index contributed by atoms with van der Waals surface area (Å²) in [7, 11) is -3.70. The van der Waals surface area contributed by atoms with Gasteiger partial charge in [-0.05, 0) is 18.6 Å². The lowest BCUT2D eigenvalue weighted by Crippen LogP contribution is -2.35. The van der Waals surface area contributed by atoms with Gasteiger partial charge in [0, 0.05) is 19.1 Å². The van der Waals surface area contributed by atoms with E-state index < -0.39 is 39.4 Å². The van der Waals surface area contributed by atoms with E-state index in [4.69, 9.17) is 25.8 Å². The van der Waals surface area contributed by atoms with Crippen molar-refractivity contribution >= 4 is 38.8 Å². The molecule has 1 heterocycles. The van der Waals surface area contributed by atoms with E-state index in [0.717, 1.165) is 6.26 Å². The normalized spacial score (nSPS) is 17.9. The highest BCUT2D eigenvalue weighted by Crippen LogP contribution is 2.37. The zero-order chi connectivity index (χ0) is 21.2. The molecule has 0 unspecified atom stereocenters. The van der Waals surface area contributed by atoms with Crippen LogP contribution in [0.15, 0.2) is 29.6 Å². The maximum atomic E-state index is 13.0. The number of ether oxygens (including phenoxy) is 3. The third kappa shape index (κ3) is 4.62. The van der Waals surface area contributed by atoms with Gasteiger partial charge in [-0.2, -0.15) is 0 Å². The number of rotatable bonds is 7. The van der Waals surface area contributed by atoms with Crippen LogP contribution in [0.5, 0.6) is 5.75 Å². The van der Waals surface area contributed by atoms with Crippen LogP contribution in [0.4, 0.5) is 0 Å². The predicted octanol–water partition coefficient (Wildman–Crippen LogP) is 2.48. The second-order valence-electron chi connectivity index (χ2n) is 6.72. The highest BCUT2D eigenvalue weighted by Gasteiger charge is 2.38. The van der Waals surface area contributed by atoms with Crippen LogP contribution in [0.1, 0.15) is 36.0 Å². The highest BCUT2D eigenvalue weighted by molar-refractivity contribution is 7.90. The Morgan fingerprint density at radius 1 is 1.17 bits per heavy atom. The molecule has 1 aliphatic carbocycles. The lowest BCUT2D eigenvalue weighted by Gasteiger charge is -2.21. The molecule has 0 N–H and O–H groups in total. The summed E-state index contributed by atoms with van der Waals surface area (Å²) in [5, 5.41) is -0.277. The number of ketones is 3. The molecular weight excluding hydrogens is 424 g/mol. The molecule has 156 valence electrons. The number of sulfone groups is 1. The molecule has 1 aromatic carbocycles. The molecule has 1 aromatic rings. The van der Waals surface area contributed by atoms with Crippen LogP contribution in [-0.2, 0) is 28.9 Å². The van der Waals surface area contributed by atoms with Crippen molar-refractivity contribution in [2.24, 2.45) is 5.92 Å². The molecule has 0 radical (unpaired) electrons. The van der Waals surface area contributed by atoms with Crippen molar-refractivity contribution in [1.82, 2.24) is 0 Å². The van der Waals surface area contributed by atoms with Gasteiger partial charge in [-0.25, -0.2) is 8.42 Å². The Balaban J connectivity index is 1.94. The number of carbonyl (C=O) groups excluding carboxylic acids is 3. The zero-order valence-corrected chi connectivity index (χ0v) is 17.1. The van der Waals surface area contributed by atoms with Crippen LogP contribution in [0, 0.1) is 5.92 Å². The molecule has 3 rings (SSSR count). The van der Waals surface area contributed by atoms with E-state index in [-0.39, 0.29) is 47.1 Å². The number of benzene rings is 1. The van der Waals surface area contributed by atoms with Gasteiger partial charge in [-0.1, -0.05) is 11.6 Å². The van der Waals surface area contributed by atoms with Gasteiger partial charge in [-0.3, -0.25) is 14.4 Å². The fourth-order valence-corrected chi connectivity index (χ4v) is 4.55. The van der Waals surface area contributed by atoms with E-state index in [2.05, 4.69) is 0 Å². The number of Topliss-reactive ketones (excluding diaryl/α,β-unsaturated/α-hetero) is 3. The van der Waals surface area contributed by atoms with Crippen LogP contribution in [0.25, 0.3) is 0 Å². The van der Waals surface area contributed by atoms with E-state index in [1.165, 1.54) is 24.7 Å². The Morgan fingerprint density at radius 3 is 2.38 bits per heavy atom. The minimum Gasteiger partial charge on any atom is -0.491 e. The monoisotopic (exact) mass is 442 g/mol. The quantitative estimate of drug-likeness (QED) is 0.467. The summed E-state index contributed by atoms with van der Waals surface area (Å²) < 4.78 is 39.9. The van der Waals surface area contributed by atoms with E-state index in [9.17, 15) is 22.8 Å². The highest BCUT2D eigenvalue weighted by atomic mass is 35.5. The van der Waals surface area contributed by atoms with Crippen molar-refractivity contribution in [3.63, 3.8) is 0 Å². The average molecular weight is 443 g/mol. The number of hydrogen-bond donors (Lipinski definition) is 0. The van der Waals surface area contributed by atoms with Gasteiger partial charge >= 0.3 is 0 Å². The van der Waals surface area contributed by atoms with E-state index in [0.29, 0.717) is 6.42 Å². The van der Waals surface area contributed by atoms with E-state index >= 15 is 0 Å². The average Bonchev–Trinajstić information content (AvgIpc) is 3.15. The molecule has 2 aliphatic rings. The Labute approximate surface area is 172 Å². The first-order chi connectivity index (χ1) is 13.7. The summed E-state index contributed by atoms with van der Waals surface area (Å²) in [6, 6.07) is 2.39. The molecular formula is C19H19ClO8S. The molecule has 1 fully saturated rings. The molecule has 1 aliphatic heterocycles. The topological polar surface area (TPSA) is 113 Å². The molecule has 1 saturated carbocycles. The van der Waals surface area contributed by atoms with Crippen molar-refractivity contribution in [3.8, 4) is 5.75 Å². The summed E-state index contributed by atoms with van der Waals surface area (Å²) >= 11 is 6.25. The van der Waals surface area contributed by atoms with E-state index in [1.807, 2.05) is 0 Å². The molecule has 0 aromatic heterocycles. The van der Waals surface area contributed by atoms with Gasteiger partial charge in [0.2, 0.25) is 6.29 Å². The summed E-state index contributed by atoms with van der Waals surface area (Å²) in [4.78, 5) is 37.1. The fourth-order valence-electron chi connectivity index (χ4n) is 3.18. The summed E-state index contributed by atoms with van der Waals surface area (Å²) in [6.07, 6.45) is 4.09. The largest absolute Gasteiger partial charge is 0.491 e. The number of halogens is 1. The zero-order valence-electron chi connectivity index (χ0n) is 15.6. The smallest absolute Gasteiger partial charge is 0.242 e. The Morgan fingerprint density at radius 2 is 1.79 bits per heavy atom. The van der Waals surface area contributed by atoms with Crippen LogP contribution < -0.4 is 4.74 Å². The molecule has 0 amide bonds. The van der Waals surface area contributed by atoms with Crippen molar-refractivity contribution < 1.29 is 37.0 Å². The van der Waals surface area contributed by atoms with Crippen molar-refractivity contribution in [2.75, 3.05) is 12.9 Å². The molecule has 0 atom stereocenters. The summed E-state index contributed by atoms with van der Waals surface area (Å²) in [5.41, 5.74) is -0.109. The molecule has 10 heteroatoms. The molecule has 0 bridgehead atoms. The third-order valence-electron chi connectivity index (χ3n) is 4.60. The van der Waals surface area contributed by atoms with Gasteiger partial charge in [0.15, 0.2) is 27.2 Å². The minimum atomic E-state index is -3.70. The van der Waals surface area contributed by atoms with Gasteiger partial charge in [0.25, 0.3) is 0 Å². The fraction of sp³-hybridized carbons (Fsp3) is 0.421. The first-order valence-electron chi connectivity index (χ1n) is 8.91. The molecule has 8 nitrogen and oxygen atoms in total. The van der Waals surface area contributed by atoms with Crippen LogP contribution >= 0.6 is 11.6 Å². The standard InChI is InChI=1S/C19H19ClO8S/c1-29(24,25)14-6-5-11(18(23)16-12(21)3-2-4-13(16)22)19(17(14)20)28-8-7-15-26-9-10-27-15/h5-6,9-10,15-16H,2-4,7-8H2,1H3. The lowest BCUT2D eigenvalue weighted by molar-refractivity contribution is -0.133. The number of hydrogen-bond acceptors (Lipinski definition) is 8. The molecule has 0 saturated heterocycles. The summed E-state index contributed by atoms with van der Waals surface area (Å²) in [6.45, 7) is -0.00782. The lowest BCUT2D eigenvalue weighted by atomic mass is 9.81. The summed E-state index contributed by atoms with van der Waals surface area (Å²) in [5.74, 6) is -3.26. The van der Waals surface area contributed by atoms with Gasteiger partial charge < -0.3 is 14.2 Å². The number of carbonyl (C=O) groups is 3. The van der Waals surface area contributed by atoms with E-state index in [1.54, 1.807) is 0 Å². The Hall–Kier alpha value is -2.39. The van der Waals surface area contributed by atoms with Crippen molar-refractivity contribution in [2.45, 2.75) is 36.9 Å². The maximum Gasteiger partial charge on any atom is 0.242 e. The Bertz CT molecular complexity index is 958. The van der Waals surface area contributed by atoms with Crippen LogP contribution in [-0.4, -0.2) is 44.9 Å². The van der Waals surface area contributed by atoms with Crippen molar-refractivity contribution in [1.29, 1.82) is 0 Å². The molecule has 29 heavy (non-hydrogen) atoms. The Kier molecular flexibility index (Phi) is 6.28. The van der Waals surface area contributed by atoms with Crippen molar-refractivity contribution in [3.05, 3.63) is 35.2 Å². The van der Waals surface area contributed by atoms with Gasteiger partial charge in [0.05, 0.1) is 23.5 Å². The van der Waals surface area contributed by atoms with Gasteiger partial charge in [0.1, 0.15) is 29.2 Å². The predicted molar refractivity (Wildman–Crippen MR) is 101 cm³/mol.